The molecular weight excluding hydrogens is 373 g/mol. The summed E-state index contributed by atoms with van der Waals surface area (Å²) in [5.41, 5.74) is 0.352. The second-order valence-corrected chi connectivity index (χ2v) is 6.73. The first-order valence-corrected chi connectivity index (χ1v) is 8.93. The van der Waals surface area contributed by atoms with E-state index >= 15 is 0 Å². The van der Waals surface area contributed by atoms with E-state index < -0.39 is 11.7 Å². The molecule has 0 aliphatic carbocycles. The zero-order valence-electron chi connectivity index (χ0n) is 15.6. The van der Waals surface area contributed by atoms with E-state index in [0.717, 1.165) is 30.7 Å². The number of nitrogens with zero attached hydrogens (tertiary/aromatic N) is 3. The number of carbonyl (C=O) groups is 1. The fraction of sp³-hybridized carbons (Fsp3) is 0.421. The van der Waals surface area contributed by atoms with Gasteiger partial charge in [0.25, 0.3) is 0 Å². The van der Waals surface area contributed by atoms with Crippen LogP contribution in [0.15, 0.2) is 30.3 Å². The Hall–Kier alpha value is -2.84. The molecule has 2 heterocycles. The van der Waals surface area contributed by atoms with E-state index in [1.165, 1.54) is 12.1 Å². The minimum absolute atomic E-state index is 0.208. The Morgan fingerprint density at radius 2 is 1.93 bits per heavy atom. The quantitative estimate of drug-likeness (QED) is 0.848. The maximum Gasteiger partial charge on any atom is 0.416 e. The first-order valence-electron chi connectivity index (χ1n) is 8.93. The van der Waals surface area contributed by atoms with Crippen molar-refractivity contribution in [3.8, 4) is 5.88 Å². The van der Waals surface area contributed by atoms with Crippen molar-refractivity contribution >= 4 is 11.7 Å². The van der Waals surface area contributed by atoms with Gasteiger partial charge in [-0.2, -0.15) is 18.2 Å². The molecule has 1 atom stereocenters. The summed E-state index contributed by atoms with van der Waals surface area (Å²) in [6.45, 7) is 4.56. The molecule has 1 fully saturated rings. The number of piperidine rings is 1. The van der Waals surface area contributed by atoms with Gasteiger partial charge in [0.2, 0.25) is 5.88 Å². The second-order valence-electron chi connectivity index (χ2n) is 6.73. The van der Waals surface area contributed by atoms with Crippen molar-refractivity contribution in [3.63, 3.8) is 0 Å². The molecule has 3 rings (SSSR count). The van der Waals surface area contributed by atoms with Crippen molar-refractivity contribution in [3.05, 3.63) is 47.4 Å². The van der Waals surface area contributed by atoms with Gasteiger partial charge in [-0.15, -0.1) is 0 Å². The van der Waals surface area contributed by atoms with Crippen LogP contribution in [0.2, 0.25) is 0 Å². The minimum atomic E-state index is -4.41. The summed E-state index contributed by atoms with van der Waals surface area (Å²) in [4.78, 5) is 22.5. The highest BCUT2D eigenvalue weighted by atomic mass is 19.4. The zero-order chi connectivity index (χ0) is 20.3. The van der Waals surface area contributed by atoms with E-state index in [9.17, 15) is 18.0 Å². The van der Waals surface area contributed by atoms with Gasteiger partial charge in [-0.1, -0.05) is 0 Å². The van der Waals surface area contributed by atoms with Crippen LogP contribution < -0.4 is 10.1 Å². The highest BCUT2D eigenvalue weighted by Gasteiger charge is 2.30. The number of amides is 2. The van der Waals surface area contributed by atoms with E-state index in [0.29, 0.717) is 30.5 Å². The fourth-order valence-corrected chi connectivity index (χ4v) is 3.08. The normalized spacial score (nSPS) is 17.3. The van der Waals surface area contributed by atoms with Gasteiger partial charge in [0.15, 0.2) is 0 Å². The van der Waals surface area contributed by atoms with E-state index in [4.69, 9.17) is 4.74 Å². The van der Waals surface area contributed by atoms with E-state index in [1.807, 2.05) is 6.92 Å². The predicted octanol–water partition coefficient (Wildman–Crippen LogP) is 4.19. The predicted molar refractivity (Wildman–Crippen MR) is 97.2 cm³/mol. The van der Waals surface area contributed by atoms with Gasteiger partial charge in [0, 0.05) is 24.0 Å². The molecule has 1 aromatic heterocycles. The number of urea groups is 1. The summed E-state index contributed by atoms with van der Waals surface area (Å²) < 4.78 is 43.8. The van der Waals surface area contributed by atoms with Crippen LogP contribution in [0.3, 0.4) is 0 Å². The van der Waals surface area contributed by atoms with Crippen molar-refractivity contribution in [1.82, 2.24) is 14.9 Å². The van der Waals surface area contributed by atoms with Crippen LogP contribution in [0.25, 0.3) is 0 Å². The molecule has 0 unspecified atom stereocenters. The van der Waals surface area contributed by atoms with Gasteiger partial charge in [0.05, 0.1) is 12.1 Å². The lowest BCUT2D eigenvalue weighted by Crippen LogP contribution is -2.46. The Morgan fingerprint density at radius 3 is 2.57 bits per heavy atom. The number of hydrogen-bond acceptors (Lipinski definition) is 4. The topological polar surface area (TPSA) is 67.3 Å². The van der Waals surface area contributed by atoms with Crippen LogP contribution in [0, 0.1) is 13.8 Å². The zero-order valence-corrected chi connectivity index (χ0v) is 15.6. The lowest BCUT2D eigenvalue weighted by Gasteiger charge is -2.32. The molecule has 0 saturated carbocycles. The summed E-state index contributed by atoms with van der Waals surface area (Å²) in [5, 5.41) is 2.63. The summed E-state index contributed by atoms with van der Waals surface area (Å²) >= 11 is 0. The number of benzene rings is 1. The monoisotopic (exact) mass is 394 g/mol. The molecule has 9 heteroatoms. The number of aryl methyl sites for hydroxylation is 2. The molecule has 0 bridgehead atoms. The highest BCUT2D eigenvalue weighted by Crippen LogP contribution is 2.30. The van der Waals surface area contributed by atoms with Gasteiger partial charge >= 0.3 is 12.2 Å². The maximum atomic E-state index is 12.6. The van der Waals surface area contributed by atoms with Gasteiger partial charge in [0.1, 0.15) is 11.9 Å². The number of ether oxygens (including phenoxy) is 1. The highest BCUT2D eigenvalue weighted by molar-refractivity contribution is 5.89. The van der Waals surface area contributed by atoms with Crippen LogP contribution in [-0.4, -0.2) is 40.1 Å². The van der Waals surface area contributed by atoms with Gasteiger partial charge in [-0.05, 0) is 51.0 Å². The number of carbonyl (C=O) groups excluding carboxylic acids is 1. The van der Waals surface area contributed by atoms with Crippen LogP contribution in [-0.2, 0) is 6.18 Å². The molecule has 150 valence electrons. The number of halogens is 3. The van der Waals surface area contributed by atoms with Crippen LogP contribution >= 0.6 is 0 Å². The first kappa shape index (κ1) is 19.9. The average Bonchev–Trinajstić information content (AvgIpc) is 2.61. The Morgan fingerprint density at radius 1 is 1.21 bits per heavy atom. The Labute approximate surface area is 160 Å². The molecule has 2 amide bonds. The molecule has 1 aromatic carbocycles. The molecule has 1 aliphatic heterocycles. The standard InChI is InChI=1S/C19H21F3N4O2/c1-12-10-17(24-13(2)23-12)28-16-4-3-9-26(11-16)18(27)25-15-7-5-14(6-8-15)19(20,21)22/h5-8,10,16H,3-4,9,11H2,1-2H3,(H,25,27)/t16-/m1/s1. The third-order valence-electron chi connectivity index (χ3n) is 4.36. The Balaban J connectivity index is 1.59. The number of nitrogens with one attached hydrogen (secondary N) is 1. The van der Waals surface area contributed by atoms with Crippen LogP contribution in [0.4, 0.5) is 23.7 Å². The number of anilines is 1. The van der Waals surface area contributed by atoms with Crippen molar-refractivity contribution in [2.24, 2.45) is 0 Å². The van der Waals surface area contributed by atoms with E-state index in [2.05, 4.69) is 15.3 Å². The van der Waals surface area contributed by atoms with Gasteiger partial charge in [-0.25, -0.2) is 9.78 Å². The SMILES string of the molecule is Cc1cc(O[C@@H]2CCCN(C(=O)Nc3ccc(C(F)(F)F)cc3)C2)nc(C)n1. The number of hydrogen-bond donors (Lipinski definition) is 1. The summed E-state index contributed by atoms with van der Waals surface area (Å²) in [5.74, 6) is 1.09. The summed E-state index contributed by atoms with van der Waals surface area (Å²) in [7, 11) is 0. The number of aromatic nitrogens is 2. The smallest absolute Gasteiger partial charge is 0.416 e. The maximum absolute atomic E-state index is 12.6. The average molecular weight is 394 g/mol. The molecule has 0 radical (unpaired) electrons. The summed E-state index contributed by atoms with van der Waals surface area (Å²) in [6, 6.07) is 5.74. The van der Waals surface area contributed by atoms with Gasteiger partial charge in [-0.3, -0.25) is 0 Å². The molecular formula is C19H21F3N4O2. The molecule has 2 aromatic rings. The first-order chi connectivity index (χ1) is 13.2. The van der Waals surface area contributed by atoms with Crippen molar-refractivity contribution in [2.75, 3.05) is 18.4 Å². The third-order valence-corrected chi connectivity index (χ3v) is 4.36. The lowest BCUT2D eigenvalue weighted by molar-refractivity contribution is -0.137. The van der Waals surface area contributed by atoms with E-state index in [1.54, 1.807) is 17.9 Å². The molecule has 1 saturated heterocycles. The Kier molecular flexibility index (Phi) is 5.71. The van der Waals surface area contributed by atoms with Crippen LogP contribution in [0.5, 0.6) is 5.88 Å². The largest absolute Gasteiger partial charge is 0.472 e. The number of alkyl halides is 3. The third kappa shape index (κ3) is 5.11. The minimum Gasteiger partial charge on any atom is -0.472 e. The van der Waals surface area contributed by atoms with Crippen molar-refractivity contribution in [1.29, 1.82) is 0 Å². The van der Waals surface area contributed by atoms with Gasteiger partial charge < -0.3 is 15.0 Å². The molecule has 0 spiro atoms. The lowest BCUT2D eigenvalue weighted by atomic mass is 10.1. The molecule has 28 heavy (non-hydrogen) atoms. The molecule has 1 aliphatic rings. The molecule has 6 nitrogen and oxygen atoms in total. The second kappa shape index (κ2) is 8.04. The number of likely N-dealkylation sites (tertiary alicyclic amines) is 1. The number of rotatable bonds is 3. The molecule has 1 N–H and O–H groups in total. The summed E-state index contributed by atoms with van der Waals surface area (Å²) in [6.07, 6.45) is -3.07. The fourth-order valence-electron chi connectivity index (χ4n) is 3.08. The van der Waals surface area contributed by atoms with E-state index in [-0.39, 0.29) is 12.1 Å². The van der Waals surface area contributed by atoms with Crippen molar-refractivity contribution in [2.45, 2.75) is 39.0 Å². The van der Waals surface area contributed by atoms with Crippen LogP contribution in [0.1, 0.15) is 29.9 Å². The Bertz CT molecular complexity index is 820. The van der Waals surface area contributed by atoms with Crippen molar-refractivity contribution < 1.29 is 22.7 Å².